The van der Waals surface area contributed by atoms with Crippen molar-refractivity contribution in [2.75, 3.05) is 33.9 Å². The number of hydroxylamine groups is 1. The van der Waals surface area contributed by atoms with E-state index >= 15 is 0 Å². The van der Waals surface area contributed by atoms with Crippen LogP contribution in [0.5, 0.6) is 11.5 Å². The first-order valence-electron chi connectivity index (χ1n) is 12.6. The van der Waals surface area contributed by atoms with E-state index in [0.29, 0.717) is 31.4 Å². The van der Waals surface area contributed by atoms with Gasteiger partial charge in [-0.25, -0.2) is 18.7 Å². The van der Waals surface area contributed by atoms with Crippen LogP contribution in [0.1, 0.15) is 59.5 Å². The highest BCUT2D eigenvalue weighted by Gasteiger charge is 2.36. The number of benzene rings is 2. The van der Waals surface area contributed by atoms with E-state index in [9.17, 15) is 26.4 Å². The summed E-state index contributed by atoms with van der Waals surface area (Å²) in [6.45, 7) is 0.733. The molecule has 2 aliphatic rings. The van der Waals surface area contributed by atoms with Gasteiger partial charge in [0.1, 0.15) is 5.56 Å². The number of hydrogen-bond donors (Lipinski definition) is 1. The number of carbonyl (C=O) groups is 1. The number of amides is 1. The van der Waals surface area contributed by atoms with Gasteiger partial charge in [0, 0.05) is 26.1 Å². The van der Waals surface area contributed by atoms with E-state index in [0.717, 1.165) is 25.0 Å². The Morgan fingerprint density at radius 2 is 1.69 bits per heavy atom. The lowest BCUT2D eigenvalue weighted by Crippen LogP contribution is -2.39. The van der Waals surface area contributed by atoms with Gasteiger partial charge in [-0.2, -0.15) is 17.5 Å². The molecule has 2 aromatic carbocycles. The van der Waals surface area contributed by atoms with Crippen LogP contribution >= 0.6 is 0 Å². The monoisotopic (exact) mass is 572 g/mol. The van der Waals surface area contributed by atoms with Gasteiger partial charge in [0.2, 0.25) is 10.0 Å². The topological polar surface area (TPSA) is 103 Å². The summed E-state index contributed by atoms with van der Waals surface area (Å²) in [5, 5.41) is 0. The van der Waals surface area contributed by atoms with Gasteiger partial charge in [-0.3, -0.25) is 4.79 Å². The molecule has 2 aromatic rings. The molecule has 0 bridgehead atoms. The van der Waals surface area contributed by atoms with Crippen molar-refractivity contribution in [3.63, 3.8) is 0 Å². The fourth-order valence-corrected chi connectivity index (χ4v) is 6.48. The summed E-state index contributed by atoms with van der Waals surface area (Å²) in [6, 6.07) is 7.63. The Balaban J connectivity index is 1.54. The molecule has 1 amide bonds. The van der Waals surface area contributed by atoms with E-state index in [1.165, 1.54) is 42.8 Å². The number of methoxy groups -OCH3 is 2. The van der Waals surface area contributed by atoms with E-state index in [1.54, 1.807) is 0 Å². The fourth-order valence-electron chi connectivity index (χ4n) is 4.83. The van der Waals surface area contributed by atoms with Gasteiger partial charge < -0.3 is 14.2 Å². The number of hydrogen-bond acceptors (Lipinski definition) is 7. The summed E-state index contributed by atoms with van der Waals surface area (Å²) in [4.78, 5) is 18.3. The predicted octanol–water partition coefficient (Wildman–Crippen LogP) is 4.48. The molecule has 39 heavy (non-hydrogen) atoms. The number of halogens is 3. The molecule has 2 fully saturated rings. The zero-order valence-electron chi connectivity index (χ0n) is 21.6. The molecule has 9 nitrogen and oxygen atoms in total. The van der Waals surface area contributed by atoms with Crippen molar-refractivity contribution in [1.29, 1.82) is 0 Å². The molecule has 1 unspecified atom stereocenters. The third-order valence-corrected chi connectivity index (χ3v) is 8.88. The number of rotatable bonds is 8. The second-order valence-corrected chi connectivity index (χ2v) is 11.2. The summed E-state index contributed by atoms with van der Waals surface area (Å²) < 4.78 is 83.6. The maximum Gasteiger partial charge on any atom is 0.416 e. The molecule has 1 N–H and O–H groups in total. The van der Waals surface area contributed by atoms with Crippen molar-refractivity contribution in [1.82, 2.24) is 9.79 Å². The Morgan fingerprint density at radius 3 is 2.26 bits per heavy atom. The van der Waals surface area contributed by atoms with E-state index in [1.807, 2.05) is 0 Å². The first-order chi connectivity index (χ1) is 18.6. The van der Waals surface area contributed by atoms with E-state index in [2.05, 4.69) is 5.48 Å². The Bertz CT molecular complexity index is 1260. The van der Waals surface area contributed by atoms with Gasteiger partial charge in [0.25, 0.3) is 5.91 Å². The van der Waals surface area contributed by atoms with Crippen LogP contribution in [0, 0.1) is 0 Å². The lowest BCUT2D eigenvalue weighted by molar-refractivity contribution is -0.186. The molecule has 0 spiro atoms. The van der Waals surface area contributed by atoms with E-state index in [4.69, 9.17) is 19.0 Å². The fraction of sp³-hybridized carbons (Fsp3) is 0.500. The molecule has 2 aliphatic heterocycles. The van der Waals surface area contributed by atoms with Crippen LogP contribution in [0.15, 0.2) is 41.3 Å². The van der Waals surface area contributed by atoms with Crippen molar-refractivity contribution in [3.05, 3.63) is 53.1 Å². The molecule has 0 saturated carbocycles. The summed E-state index contributed by atoms with van der Waals surface area (Å²) in [7, 11) is -1.50. The summed E-state index contributed by atoms with van der Waals surface area (Å²) in [6.07, 6.45) is -1.94. The van der Waals surface area contributed by atoms with Crippen molar-refractivity contribution >= 4 is 15.9 Å². The molecule has 0 aliphatic carbocycles. The number of sulfonamides is 1. The highest BCUT2D eigenvalue weighted by Crippen LogP contribution is 2.39. The smallest absolute Gasteiger partial charge is 0.416 e. The van der Waals surface area contributed by atoms with E-state index in [-0.39, 0.29) is 41.0 Å². The zero-order chi connectivity index (χ0) is 28.2. The van der Waals surface area contributed by atoms with Crippen LogP contribution in [-0.4, -0.2) is 58.8 Å². The van der Waals surface area contributed by atoms with Gasteiger partial charge >= 0.3 is 6.18 Å². The zero-order valence-corrected chi connectivity index (χ0v) is 22.4. The predicted molar refractivity (Wildman–Crippen MR) is 134 cm³/mol. The molecule has 2 heterocycles. The lowest BCUT2D eigenvalue weighted by Gasteiger charge is -2.32. The minimum absolute atomic E-state index is 0.0659. The average Bonchev–Trinajstić information content (AvgIpc) is 2.95. The number of nitrogens with zero attached hydrogens (tertiary/aromatic N) is 1. The van der Waals surface area contributed by atoms with Gasteiger partial charge in [0.15, 0.2) is 17.8 Å². The number of piperidine rings is 1. The third kappa shape index (κ3) is 6.48. The summed E-state index contributed by atoms with van der Waals surface area (Å²) in [5.41, 5.74) is 2.01. The second kappa shape index (κ2) is 12.1. The van der Waals surface area contributed by atoms with Gasteiger partial charge in [-0.15, -0.1) is 0 Å². The minimum atomic E-state index is -4.42. The molecule has 1 atom stereocenters. The molecule has 13 heteroatoms. The average molecular weight is 573 g/mol. The van der Waals surface area contributed by atoms with Gasteiger partial charge in [-0.05, 0) is 61.4 Å². The molecule has 0 radical (unpaired) electrons. The Morgan fingerprint density at radius 1 is 1.00 bits per heavy atom. The van der Waals surface area contributed by atoms with Crippen LogP contribution < -0.4 is 15.0 Å². The van der Waals surface area contributed by atoms with Crippen molar-refractivity contribution < 1.29 is 45.4 Å². The highest BCUT2D eigenvalue weighted by molar-refractivity contribution is 7.89. The summed E-state index contributed by atoms with van der Waals surface area (Å²) in [5.74, 6) is -0.839. The van der Waals surface area contributed by atoms with E-state index < -0.39 is 34.0 Å². The van der Waals surface area contributed by atoms with Crippen LogP contribution in [0.2, 0.25) is 0 Å². The second-order valence-electron chi connectivity index (χ2n) is 9.32. The molecular formula is C26H31F3N2O7S. The van der Waals surface area contributed by atoms with Crippen molar-refractivity contribution in [2.24, 2.45) is 0 Å². The molecule has 2 saturated heterocycles. The summed E-state index contributed by atoms with van der Waals surface area (Å²) >= 11 is 0. The maximum atomic E-state index is 13.7. The largest absolute Gasteiger partial charge is 0.493 e. The standard InChI is InChI=1S/C26H31F3N2O7S/c1-35-20-10-11-21(23(24(20)36-2)25(32)30-38-22-5-3-4-16-37-22)39(33,34)31-14-12-18(13-15-31)17-6-8-19(9-7-17)26(27,28)29/h6-11,18,22H,3-5,12-16H2,1-2H3,(H,30,32). The Labute approximate surface area is 225 Å². The molecule has 214 valence electrons. The third-order valence-electron chi connectivity index (χ3n) is 6.94. The number of alkyl halides is 3. The van der Waals surface area contributed by atoms with Crippen LogP contribution in [0.4, 0.5) is 13.2 Å². The number of carbonyl (C=O) groups excluding carboxylic acids is 1. The Kier molecular flexibility index (Phi) is 9.04. The van der Waals surface area contributed by atoms with Gasteiger partial charge in [-0.1, -0.05) is 12.1 Å². The van der Waals surface area contributed by atoms with Crippen LogP contribution in [-0.2, 0) is 25.8 Å². The normalized spacial score (nSPS) is 19.5. The Hall–Kier alpha value is -2.87. The van der Waals surface area contributed by atoms with Crippen molar-refractivity contribution in [3.8, 4) is 11.5 Å². The molecular weight excluding hydrogens is 541 g/mol. The number of ether oxygens (including phenoxy) is 3. The minimum Gasteiger partial charge on any atom is -0.493 e. The first-order valence-corrected chi connectivity index (χ1v) is 14.0. The molecule has 4 rings (SSSR count). The SMILES string of the molecule is COc1ccc(S(=O)(=O)N2CCC(c3ccc(C(F)(F)F)cc3)CC2)c(C(=O)NOC2CCCCO2)c1OC. The maximum absolute atomic E-state index is 13.7. The first kappa shape index (κ1) is 29.1. The lowest BCUT2D eigenvalue weighted by atomic mass is 9.90. The quantitative estimate of drug-likeness (QED) is 0.466. The van der Waals surface area contributed by atoms with Gasteiger partial charge in [0.05, 0.1) is 24.7 Å². The van der Waals surface area contributed by atoms with Crippen LogP contribution in [0.3, 0.4) is 0 Å². The van der Waals surface area contributed by atoms with Crippen molar-refractivity contribution in [2.45, 2.75) is 55.4 Å². The highest BCUT2D eigenvalue weighted by atomic mass is 32.2. The molecule has 0 aromatic heterocycles. The van der Waals surface area contributed by atoms with Crippen LogP contribution in [0.25, 0.3) is 0 Å². The number of nitrogens with one attached hydrogen (secondary N) is 1.